The Morgan fingerprint density at radius 3 is 2.67 bits per heavy atom. The predicted octanol–water partition coefficient (Wildman–Crippen LogP) is 2.68. The molecule has 27 heavy (non-hydrogen) atoms. The molecule has 2 aromatic rings. The number of hydrogen-bond acceptors (Lipinski definition) is 5. The summed E-state index contributed by atoms with van der Waals surface area (Å²) >= 11 is 0. The molecule has 1 amide bonds. The van der Waals surface area contributed by atoms with E-state index < -0.39 is 9.84 Å². The number of benzene rings is 1. The molecular weight excluding hydrogens is 362 g/mol. The van der Waals surface area contributed by atoms with Crippen LogP contribution in [-0.4, -0.2) is 50.4 Å². The fourth-order valence-corrected chi connectivity index (χ4v) is 5.18. The van der Waals surface area contributed by atoms with Crippen molar-refractivity contribution in [2.45, 2.75) is 26.3 Å². The molecule has 1 aliphatic rings. The number of sulfone groups is 1. The van der Waals surface area contributed by atoms with Gasteiger partial charge in [-0.15, -0.1) is 0 Å². The number of amides is 1. The second kappa shape index (κ2) is 7.68. The number of nitrogens with zero attached hydrogens (tertiary/aromatic N) is 3. The second-order valence-electron chi connectivity index (χ2n) is 6.96. The van der Waals surface area contributed by atoms with Crippen molar-refractivity contribution < 1.29 is 13.2 Å². The van der Waals surface area contributed by atoms with Gasteiger partial charge in [0.2, 0.25) is 0 Å². The lowest BCUT2D eigenvalue weighted by molar-refractivity contribution is 0.0988. The normalized spacial score (nSPS) is 18.3. The Balaban J connectivity index is 1.85. The SMILES string of the molecule is CCN(C(=O)c1ccnc(N(C)C2CCS(=O)(=O)C2)c1)c1cccc(C)c1. The molecule has 1 unspecified atom stereocenters. The topological polar surface area (TPSA) is 70.6 Å². The molecule has 2 heterocycles. The summed E-state index contributed by atoms with van der Waals surface area (Å²) in [5.41, 5.74) is 2.49. The van der Waals surface area contributed by atoms with Gasteiger partial charge in [0.15, 0.2) is 9.84 Å². The van der Waals surface area contributed by atoms with Gasteiger partial charge in [0.25, 0.3) is 5.91 Å². The van der Waals surface area contributed by atoms with Crippen LogP contribution >= 0.6 is 0 Å². The Morgan fingerprint density at radius 2 is 2.04 bits per heavy atom. The molecule has 6 nitrogen and oxygen atoms in total. The van der Waals surface area contributed by atoms with Crippen LogP contribution in [0.4, 0.5) is 11.5 Å². The van der Waals surface area contributed by atoms with E-state index in [0.717, 1.165) is 11.3 Å². The molecule has 0 N–H and O–H groups in total. The minimum atomic E-state index is -2.98. The highest BCUT2D eigenvalue weighted by Gasteiger charge is 2.31. The molecule has 7 heteroatoms. The van der Waals surface area contributed by atoms with Crippen molar-refractivity contribution in [3.05, 3.63) is 53.7 Å². The lowest BCUT2D eigenvalue weighted by Crippen LogP contribution is -2.34. The summed E-state index contributed by atoms with van der Waals surface area (Å²) < 4.78 is 23.5. The van der Waals surface area contributed by atoms with Crippen LogP contribution in [0, 0.1) is 6.92 Å². The zero-order valence-electron chi connectivity index (χ0n) is 15.9. The Kier molecular flexibility index (Phi) is 5.51. The molecule has 3 rings (SSSR count). The highest BCUT2D eigenvalue weighted by atomic mass is 32.2. The predicted molar refractivity (Wildman–Crippen MR) is 108 cm³/mol. The highest BCUT2D eigenvalue weighted by Crippen LogP contribution is 2.24. The average molecular weight is 388 g/mol. The molecule has 1 fully saturated rings. The third-order valence-corrected chi connectivity index (χ3v) is 6.74. The van der Waals surface area contributed by atoms with Gasteiger partial charge in [0.1, 0.15) is 5.82 Å². The number of pyridine rings is 1. The first kappa shape index (κ1) is 19.4. The van der Waals surface area contributed by atoms with Gasteiger partial charge in [-0.3, -0.25) is 4.79 Å². The molecule has 0 radical (unpaired) electrons. The standard InChI is InChI=1S/C20H25N3O3S/c1-4-23(17-7-5-6-15(2)12-17)20(24)16-8-10-21-19(13-16)22(3)18-9-11-27(25,26)14-18/h5-8,10,12-13,18H,4,9,11,14H2,1-3H3. The first-order valence-electron chi connectivity index (χ1n) is 9.08. The second-order valence-corrected chi connectivity index (χ2v) is 9.19. The van der Waals surface area contributed by atoms with Crippen LogP contribution < -0.4 is 9.80 Å². The van der Waals surface area contributed by atoms with Crippen LogP contribution in [0.15, 0.2) is 42.6 Å². The Morgan fingerprint density at radius 1 is 1.26 bits per heavy atom. The van der Waals surface area contributed by atoms with Crippen molar-refractivity contribution in [3.63, 3.8) is 0 Å². The molecule has 1 saturated heterocycles. The monoisotopic (exact) mass is 387 g/mol. The summed E-state index contributed by atoms with van der Waals surface area (Å²) in [6.07, 6.45) is 2.19. The maximum absolute atomic E-state index is 13.1. The lowest BCUT2D eigenvalue weighted by Gasteiger charge is -2.26. The largest absolute Gasteiger partial charge is 0.356 e. The van der Waals surface area contributed by atoms with Crippen molar-refractivity contribution in [2.24, 2.45) is 0 Å². The van der Waals surface area contributed by atoms with Gasteiger partial charge in [-0.05, 0) is 50.1 Å². The summed E-state index contributed by atoms with van der Waals surface area (Å²) in [5, 5.41) is 0. The average Bonchev–Trinajstić information content (AvgIpc) is 3.01. The van der Waals surface area contributed by atoms with Crippen molar-refractivity contribution in [1.29, 1.82) is 0 Å². The van der Waals surface area contributed by atoms with Crippen LogP contribution in [0.5, 0.6) is 0 Å². The van der Waals surface area contributed by atoms with E-state index in [2.05, 4.69) is 4.98 Å². The third-order valence-electron chi connectivity index (χ3n) is 4.98. The van der Waals surface area contributed by atoms with Gasteiger partial charge in [-0.25, -0.2) is 13.4 Å². The minimum absolute atomic E-state index is 0.0980. The van der Waals surface area contributed by atoms with Crippen LogP contribution in [0.1, 0.15) is 29.3 Å². The van der Waals surface area contributed by atoms with Crippen LogP contribution in [-0.2, 0) is 9.84 Å². The molecule has 0 spiro atoms. The minimum Gasteiger partial charge on any atom is -0.356 e. The Labute approximate surface area is 160 Å². The van der Waals surface area contributed by atoms with E-state index in [0.29, 0.717) is 24.3 Å². The molecule has 0 bridgehead atoms. The van der Waals surface area contributed by atoms with Crippen molar-refractivity contribution >= 4 is 27.2 Å². The Hall–Kier alpha value is -2.41. The molecule has 144 valence electrons. The number of rotatable bonds is 5. The van der Waals surface area contributed by atoms with E-state index >= 15 is 0 Å². The maximum Gasteiger partial charge on any atom is 0.258 e. The number of aryl methyl sites for hydroxylation is 1. The van der Waals surface area contributed by atoms with Crippen molar-refractivity contribution in [1.82, 2.24) is 4.98 Å². The van der Waals surface area contributed by atoms with E-state index in [1.165, 1.54) is 0 Å². The van der Waals surface area contributed by atoms with Gasteiger partial charge in [-0.2, -0.15) is 0 Å². The summed E-state index contributed by atoms with van der Waals surface area (Å²) in [6.45, 7) is 4.49. The van der Waals surface area contributed by atoms with Crippen LogP contribution in [0.2, 0.25) is 0 Å². The maximum atomic E-state index is 13.1. The van der Waals surface area contributed by atoms with Crippen molar-refractivity contribution in [2.75, 3.05) is 34.9 Å². The molecule has 1 aromatic heterocycles. The van der Waals surface area contributed by atoms with Gasteiger partial charge < -0.3 is 9.80 Å². The van der Waals surface area contributed by atoms with Gasteiger partial charge in [-0.1, -0.05) is 12.1 Å². The third kappa shape index (κ3) is 4.30. The Bertz CT molecular complexity index is 943. The summed E-state index contributed by atoms with van der Waals surface area (Å²) in [5.74, 6) is 0.855. The fourth-order valence-electron chi connectivity index (χ4n) is 3.41. The smallest absolute Gasteiger partial charge is 0.258 e. The van der Waals surface area contributed by atoms with E-state index in [1.54, 1.807) is 23.2 Å². The molecule has 0 saturated carbocycles. The number of anilines is 2. The highest BCUT2D eigenvalue weighted by molar-refractivity contribution is 7.91. The first-order valence-corrected chi connectivity index (χ1v) is 10.9. The van der Waals surface area contributed by atoms with E-state index in [9.17, 15) is 13.2 Å². The zero-order valence-corrected chi connectivity index (χ0v) is 16.7. The van der Waals surface area contributed by atoms with E-state index in [4.69, 9.17) is 0 Å². The fraction of sp³-hybridized carbons (Fsp3) is 0.400. The molecule has 1 aliphatic heterocycles. The summed E-state index contributed by atoms with van der Waals surface area (Å²) in [4.78, 5) is 21.0. The van der Waals surface area contributed by atoms with Crippen molar-refractivity contribution in [3.8, 4) is 0 Å². The molecule has 0 aliphatic carbocycles. The molecular formula is C20H25N3O3S. The zero-order chi connectivity index (χ0) is 19.6. The van der Waals surface area contributed by atoms with Gasteiger partial charge in [0, 0.05) is 37.1 Å². The summed E-state index contributed by atoms with van der Waals surface area (Å²) in [7, 11) is -1.14. The number of carbonyl (C=O) groups excluding carboxylic acids is 1. The number of carbonyl (C=O) groups is 1. The lowest BCUT2D eigenvalue weighted by atomic mass is 10.1. The van der Waals surface area contributed by atoms with E-state index in [-0.39, 0.29) is 23.5 Å². The van der Waals surface area contributed by atoms with E-state index in [1.807, 2.05) is 50.1 Å². The molecule has 1 aromatic carbocycles. The quantitative estimate of drug-likeness (QED) is 0.789. The molecule has 1 atom stereocenters. The number of hydrogen-bond donors (Lipinski definition) is 0. The van der Waals surface area contributed by atoms with Gasteiger partial charge in [0.05, 0.1) is 11.5 Å². The first-order chi connectivity index (χ1) is 12.8. The van der Waals surface area contributed by atoms with Crippen LogP contribution in [0.3, 0.4) is 0 Å². The van der Waals surface area contributed by atoms with Crippen LogP contribution in [0.25, 0.3) is 0 Å². The summed E-state index contributed by atoms with van der Waals surface area (Å²) in [6, 6.07) is 11.2. The van der Waals surface area contributed by atoms with Gasteiger partial charge >= 0.3 is 0 Å². The number of aromatic nitrogens is 1.